The average molecular weight is 276 g/mol. The van der Waals surface area contributed by atoms with Crippen LogP contribution in [-0.2, 0) is 0 Å². The number of carboxylic acids is 1. The predicted octanol–water partition coefficient (Wildman–Crippen LogP) is 2.77. The fourth-order valence-corrected chi connectivity index (χ4v) is 1.64. The number of benzene rings is 1. The molecule has 1 aromatic carbocycles. The molecular formula is C14H13FN2O3. The van der Waals surface area contributed by atoms with Gasteiger partial charge in [0.1, 0.15) is 6.33 Å². The van der Waals surface area contributed by atoms with E-state index in [4.69, 9.17) is 9.84 Å². The van der Waals surface area contributed by atoms with Gasteiger partial charge >= 0.3 is 5.97 Å². The Morgan fingerprint density at radius 3 is 2.65 bits per heavy atom. The van der Waals surface area contributed by atoms with E-state index in [1.807, 2.05) is 0 Å². The Bertz CT molecular complexity index is 644. The van der Waals surface area contributed by atoms with E-state index in [0.717, 1.165) is 6.33 Å². The molecule has 20 heavy (non-hydrogen) atoms. The Hall–Kier alpha value is -2.50. The molecule has 104 valence electrons. The van der Waals surface area contributed by atoms with Crippen LogP contribution in [0.1, 0.15) is 24.3 Å². The third kappa shape index (κ3) is 3.09. The van der Waals surface area contributed by atoms with Gasteiger partial charge in [0.15, 0.2) is 17.3 Å². The summed E-state index contributed by atoms with van der Waals surface area (Å²) in [5.41, 5.74) is 0.661. The number of hydrogen-bond acceptors (Lipinski definition) is 4. The Labute approximate surface area is 115 Å². The normalized spacial score (nSPS) is 10.6. The second-order valence-electron chi connectivity index (χ2n) is 4.41. The number of aromatic nitrogens is 2. The maximum Gasteiger partial charge on any atom is 0.354 e. The molecule has 0 unspecified atom stereocenters. The molecular weight excluding hydrogens is 263 g/mol. The van der Waals surface area contributed by atoms with Gasteiger partial charge < -0.3 is 9.84 Å². The highest BCUT2D eigenvalue weighted by Gasteiger charge is 2.11. The number of halogens is 1. The summed E-state index contributed by atoms with van der Waals surface area (Å²) in [5, 5.41) is 8.87. The van der Waals surface area contributed by atoms with Crippen LogP contribution in [0.4, 0.5) is 4.39 Å². The highest BCUT2D eigenvalue weighted by atomic mass is 19.1. The minimum atomic E-state index is -1.16. The molecule has 0 saturated carbocycles. The van der Waals surface area contributed by atoms with Crippen molar-refractivity contribution in [3.63, 3.8) is 0 Å². The van der Waals surface area contributed by atoms with Crippen molar-refractivity contribution < 1.29 is 19.0 Å². The number of hydrogen-bond donors (Lipinski definition) is 1. The molecule has 0 atom stereocenters. The van der Waals surface area contributed by atoms with Gasteiger partial charge in [-0.05, 0) is 38.1 Å². The molecule has 0 saturated heterocycles. The number of carbonyl (C=O) groups is 1. The predicted molar refractivity (Wildman–Crippen MR) is 70.1 cm³/mol. The minimum absolute atomic E-state index is 0.131. The zero-order valence-electron chi connectivity index (χ0n) is 11.0. The lowest BCUT2D eigenvalue weighted by Gasteiger charge is -2.11. The van der Waals surface area contributed by atoms with E-state index in [1.165, 1.54) is 18.2 Å². The van der Waals surface area contributed by atoms with Crippen molar-refractivity contribution in [2.24, 2.45) is 0 Å². The van der Waals surface area contributed by atoms with Crippen molar-refractivity contribution >= 4 is 5.97 Å². The van der Waals surface area contributed by atoms with Crippen molar-refractivity contribution in [2.45, 2.75) is 20.0 Å². The molecule has 0 spiro atoms. The van der Waals surface area contributed by atoms with Gasteiger partial charge in [-0.3, -0.25) is 0 Å². The van der Waals surface area contributed by atoms with Crippen LogP contribution in [0.2, 0.25) is 0 Å². The lowest BCUT2D eigenvalue weighted by atomic mass is 10.1. The van der Waals surface area contributed by atoms with E-state index in [1.54, 1.807) is 19.9 Å². The van der Waals surface area contributed by atoms with E-state index >= 15 is 0 Å². The lowest BCUT2D eigenvalue weighted by molar-refractivity contribution is 0.0690. The first-order valence-corrected chi connectivity index (χ1v) is 5.99. The van der Waals surface area contributed by atoms with Gasteiger partial charge in [-0.25, -0.2) is 19.2 Å². The third-order valence-corrected chi connectivity index (χ3v) is 2.48. The molecule has 0 bridgehead atoms. The van der Waals surface area contributed by atoms with Crippen molar-refractivity contribution in [3.8, 4) is 17.0 Å². The lowest BCUT2D eigenvalue weighted by Crippen LogP contribution is -2.07. The number of aromatic carboxylic acids is 1. The van der Waals surface area contributed by atoms with Gasteiger partial charge in [0, 0.05) is 5.56 Å². The third-order valence-electron chi connectivity index (χ3n) is 2.48. The second-order valence-corrected chi connectivity index (χ2v) is 4.41. The zero-order valence-corrected chi connectivity index (χ0v) is 11.0. The fraction of sp³-hybridized carbons (Fsp3) is 0.214. The van der Waals surface area contributed by atoms with Crippen LogP contribution in [0.25, 0.3) is 11.3 Å². The van der Waals surface area contributed by atoms with E-state index < -0.39 is 11.8 Å². The molecule has 0 radical (unpaired) electrons. The first kappa shape index (κ1) is 13.9. The van der Waals surface area contributed by atoms with E-state index in [2.05, 4.69) is 9.97 Å². The van der Waals surface area contributed by atoms with E-state index in [0.29, 0.717) is 11.3 Å². The molecule has 1 N–H and O–H groups in total. The largest absolute Gasteiger partial charge is 0.488 e. The number of nitrogens with zero attached hydrogens (tertiary/aromatic N) is 2. The van der Waals surface area contributed by atoms with E-state index in [-0.39, 0.29) is 17.5 Å². The number of ether oxygens (including phenoxy) is 1. The summed E-state index contributed by atoms with van der Waals surface area (Å²) in [4.78, 5) is 18.4. The Morgan fingerprint density at radius 1 is 1.30 bits per heavy atom. The Morgan fingerprint density at radius 2 is 2.05 bits per heavy atom. The maximum atomic E-state index is 13.9. The average Bonchev–Trinajstić information content (AvgIpc) is 2.40. The van der Waals surface area contributed by atoms with Crippen LogP contribution in [-0.4, -0.2) is 27.1 Å². The van der Waals surface area contributed by atoms with Crippen LogP contribution in [0.3, 0.4) is 0 Å². The SMILES string of the molecule is CC(C)Oc1ccc(-c2cc(C(=O)O)ncn2)cc1F. The van der Waals surface area contributed by atoms with Gasteiger partial charge in [-0.1, -0.05) is 0 Å². The molecule has 0 aliphatic rings. The molecule has 6 heteroatoms. The summed E-state index contributed by atoms with van der Waals surface area (Å²) in [5.74, 6) is -1.53. The summed E-state index contributed by atoms with van der Waals surface area (Å²) in [6.07, 6.45) is 1.00. The number of carboxylic acid groups (broad SMARTS) is 1. The van der Waals surface area contributed by atoms with Crippen molar-refractivity contribution in [3.05, 3.63) is 42.1 Å². The topological polar surface area (TPSA) is 72.3 Å². The highest BCUT2D eigenvalue weighted by Crippen LogP contribution is 2.25. The van der Waals surface area contributed by atoms with Gasteiger partial charge in [-0.2, -0.15) is 0 Å². The van der Waals surface area contributed by atoms with E-state index in [9.17, 15) is 9.18 Å². The summed E-state index contributed by atoms with van der Waals surface area (Å²) in [6.45, 7) is 3.60. The molecule has 0 amide bonds. The summed E-state index contributed by atoms with van der Waals surface area (Å²) in [7, 11) is 0. The van der Waals surface area contributed by atoms with Gasteiger partial charge in [0.25, 0.3) is 0 Å². The van der Waals surface area contributed by atoms with Crippen LogP contribution in [0.15, 0.2) is 30.6 Å². The molecule has 5 nitrogen and oxygen atoms in total. The van der Waals surface area contributed by atoms with Crippen molar-refractivity contribution in [2.75, 3.05) is 0 Å². The van der Waals surface area contributed by atoms with Crippen LogP contribution in [0.5, 0.6) is 5.75 Å². The zero-order chi connectivity index (χ0) is 14.7. The first-order valence-electron chi connectivity index (χ1n) is 5.99. The van der Waals surface area contributed by atoms with Gasteiger partial charge in [-0.15, -0.1) is 0 Å². The highest BCUT2D eigenvalue weighted by molar-refractivity contribution is 5.86. The van der Waals surface area contributed by atoms with Crippen LogP contribution >= 0.6 is 0 Å². The van der Waals surface area contributed by atoms with Gasteiger partial charge in [0.2, 0.25) is 0 Å². The molecule has 0 aliphatic carbocycles. The molecule has 2 rings (SSSR count). The first-order chi connectivity index (χ1) is 9.47. The second kappa shape index (κ2) is 5.64. The van der Waals surface area contributed by atoms with Crippen LogP contribution < -0.4 is 4.74 Å². The molecule has 0 fully saturated rings. The summed E-state index contributed by atoms with van der Waals surface area (Å²) < 4.78 is 19.2. The standard InChI is InChI=1S/C14H13FN2O3/c1-8(2)20-13-4-3-9(5-10(13)15)11-6-12(14(18)19)17-7-16-11/h3-8H,1-2H3,(H,18,19). The Kier molecular flexibility index (Phi) is 3.93. The number of rotatable bonds is 4. The summed E-state index contributed by atoms with van der Waals surface area (Å²) in [6, 6.07) is 5.66. The quantitative estimate of drug-likeness (QED) is 0.929. The molecule has 0 aliphatic heterocycles. The molecule has 2 aromatic rings. The van der Waals surface area contributed by atoms with Gasteiger partial charge in [0.05, 0.1) is 11.8 Å². The fourth-order valence-electron chi connectivity index (χ4n) is 1.64. The van der Waals surface area contributed by atoms with Crippen molar-refractivity contribution in [1.82, 2.24) is 9.97 Å². The van der Waals surface area contributed by atoms with Crippen LogP contribution in [0, 0.1) is 5.82 Å². The monoisotopic (exact) mass is 276 g/mol. The minimum Gasteiger partial charge on any atom is -0.488 e. The summed E-state index contributed by atoms with van der Waals surface area (Å²) >= 11 is 0. The maximum absolute atomic E-state index is 13.9. The smallest absolute Gasteiger partial charge is 0.354 e. The molecule has 1 aromatic heterocycles. The van der Waals surface area contributed by atoms with Crippen molar-refractivity contribution in [1.29, 1.82) is 0 Å². The Balaban J connectivity index is 2.36. The molecule has 1 heterocycles.